The van der Waals surface area contributed by atoms with Crippen LogP contribution in [0.3, 0.4) is 0 Å². The average molecular weight is 239 g/mol. The molecule has 0 spiro atoms. The number of aliphatic hydroxyl groups excluding tert-OH is 1. The minimum absolute atomic E-state index is 0.356. The highest BCUT2D eigenvalue weighted by Crippen LogP contribution is 2.24. The van der Waals surface area contributed by atoms with Crippen molar-refractivity contribution >= 4 is 11.3 Å². The van der Waals surface area contributed by atoms with Gasteiger partial charge in [0.15, 0.2) is 0 Å². The van der Waals surface area contributed by atoms with Crippen LogP contribution >= 0.6 is 11.3 Å². The van der Waals surface area contributed by atoms with Crippen molar-refractivity contribution in [2.45, 2.75) is 32.7 Å². The van der Waals surface area contributed by atoms with Gasteiger partial charge in [0.1, 0.15) is 0 Å². The summed E-state index contributed by atoms with van der Waals surface area (Å²) in [4.78, 5) is 4.06. The first-order valence-corrected chi connectivity index (χ1v) is 7.03. The topological polar surface area (TPSA) is 23.5 Å². The molecule has 0 saturated carbocycles. The smallest absolute Gasteiger partial charge is 0.0433 e. The highest BCUT2D eigenvalue weighted by atomic mass is 32.1. The number of thiophene rings is 1. The Morgan fingerprint density at radius 3 is 2.75 bits per heavy atom. The van der Waals surface area contributed by atoms with Crippen LogP contribution in [0.1, 0.15) is 29.7 Å². The maximum atomic E-state index is 8.92. The quantitative estimate of drug-likeness (QED) is 0.873. The van der Waals surface area contributed by atoms with Crippen LogP contribution < -0.4 is 0 Å². The summed E-state index contributed by atoms with van der Waals surface area (Å²) >= 11 is 1.87. The molecule has 1 aromatic rings. The molecule has 1 aliphatic heterocycles. The van der Waals surface area contributed by atoms with E-state index in [0.29, 0.717) is 6.61 Å². The third kappa shape index (κ3) is 3.06. The van der Waals surface area contributed by atoms with Crippen LogP contribution in [0.4, 0.5) is 0 Å². The Hall–Kier alpha value is -0.380. The van der Waals surface area contributed by atoms with Crippen molar-refractivity contribution in [1.82, 2.24) is 4.90 Å². The zero-order valence-electron chi connectivity index (χ0n) is 9.98. The van der Waals surface area contributed by atoms with E-state index in [0.717, 1.165) is 18.9 Å². The summed E-state index contributed by atoms with van der Waals surface area (Å²) in [6.45, 7) is 6.07. The fourth-order valence-electron chi connectivity index (χ4n) is 2.38. The molecule has 0 radical (unpaired) electrons. The number of hydrogen-bond acceptors (Lipinski definition) is 3. The lowest BCUT2D eigenvalue weighted by atomic mass is 9.94. The van der Waals surface area contributed by atoms with Gasteiger partial charge in [0.2, 0.25) is 0 Å². The van der Waals surface area contributed by atoms with Gasteiger partial charge >= 0.3 is 0 Å². The summed E-state index contributed by atoms with van der Waals surface area (Å²) in [5.74, 6) is 0.755. The summed E-state index contributed by atoms with van der Waals surface area (Å²) in [5, 5.41) is 11.1. The zero-order valence-corrected chi connectivity index (χ0v) is 10.8. The first kappa shape index (κ1) is 12.1. The fourth-order valence-corrected chi connectivity index (χ4v) is 3.33. The molecule has 2 nitrogen and oxygen atoms in total. The Bertz CT molecular complexity index is 315. The molecule has 1 aliphatic rings. The second-order valence-corrected chi connectivity index (χ2v) is 5.76. The zero-order chi connectivity index (χ0) is 11.4. The van der Waals surface area contributed by atoms with Crippen LogP contribution in [0.15, 0.2) is 11.4 Å². The molecule has 16 heavy (non-hydrogen) atoms. The van der Waals surface area contributed by atoms with Crippen LogP contribution in [0.2, 0.25) is 0 Å². The van der Waals surface area contributed by atoms with Crippen LogP contribution in [0.5, 0.6) is 0 Å². The molecule has 1 fully saturated rings. The van der Waals surface area contributed by atoms with Gasteiger partial charge in [-0.2, -0.15) is 0 Å². The second-order valence-electron chi connectivity index (χ2n) is 4.76. The molecule has 0 aliphatic carbocycles. The highest BCUT2D eigenvalue weighted by molar-refractivity contribution is 7.10. The number of piperidine rings is 1. The standard InChI is InChI=1S/C13H21NOS/c1-11-5-9-16-13(11)10-14-6-2-12(3-7-14)4-8-15/h5,9,12,15H,2-4,6-8,10H2,1H3. The highest BCUT2D eigenvalue weighted by Gasteiger charge is 2.19. The summed E-state index contributed by atoms with van der Waals surface area (Å²) in [5.41, 5.74) is 1.43. The van der Waals surface area contributed by atoms with Crippen molar-refractivity contribution in [3.63, 3.8) is 0 Å². The lowest BCUT2D eigenvalue weighted by Crippen LogP contribution is -2.33. The van der Waals surface area contributed by atoms with E-state index in [1.807, 2.05) is 11.3 Å². The second kappa shape index (κ2) is 5.80. The Kier molecular flexibility index (Phi) is 4.38. The Labute approximate surface area is 102 Å². The molecule has 2 heterocycles. The van der Waals surface area contributed by atoms with Crippen molar-refractivity contribution in [3.8, 4) is 0 Å². The predicted octanol–water partition coefficient (Wildman–Crippen LogP) is 2.65. The molecule has 0 amide bonds. The van der Waals surface area contributed by atoms with Crippen molar-refractivity contribution in [3.05, 3.63) is 21.9 Å². The Morgan fingerprint density at radius 2 is 2.19 bits per heavy atom. The van der Waals surface area contributed by atoms with Gasteiger partial charge in [-0.1, -0.05) is 0 Å². The number of likely N-dealkylation sites (tertiary alicyclic amines) is 1. The lowest BCUT2D eigenvalue weighted by molar-refractivity contribution is 0.154. The lowest BCUT2D eigenvalue weighted by Gasteiger charge is -2.31. The maximum Gasteiger partial charge on any atom is 0.0433 e. The third-order valence-electron chi connectivity index (χ3n) is 3.58. The number of aliphatic hydroxyl groups is 1. The molecule has 1 aromatic heterocycles. The molecule has 0 aromatic carbocycles. The van der Waals surface area contributed by atoms with Crippen LogP contribution in [0.25, 0.3) is 0 Å². The monoisotopic (exact) mass is 239 g/mol. The molecular formula is C13H21NOS. The fraction of sp³-hybridized carbons (Fsp3) is 0.692. The maximum absolute atomic E-state index is 8.92. The molecule has 0 atom stereocenters. The van der Waals surface area contributed by atoms with Crippen molar-refractivity contribution < 1.29 is 5.11 Å². The third-order valence-corrected chi connectivity index (χ3v) is 4.59. The first-order valence-electron chi connectivity index (χ1n) is 6.16. The molecular weight excluding hydrogens is 218 g/mol. The minimum atomic E-state index is 0.356. The SMILES string of the molecule is Cc1ccsc1CN1CCC(CCO)CC1. The summed E-state index contributed by atoms with van der Waals surface area (Å²) < 4.78 is 0. The van der Waals surface area contributed by atoms with Gasteiger partial charge in [0.05, 0.1) is 0 Å². The van der Waals surface area contributed by atoms with Crippen molar-refractivity contribution in [1.29, 1.82) is 0 Å². The van der Waals surface area contributed by atoms with E-state index in [4.69, 9.17) is 5.11 Å². The van der Waals surface area contributed by atoms with Gasteiger partial charge in [0, 0.05) is 18.0 Å². The van der Waals surface area contributed by atoms with Crippen molar-refractivity contribution in [2.75, 3.05) is 19.7 Å². The normalized spacial score (nSPS) is 19.1. The summed E-state index contributed by atoms with van der Waals surface area (Å²) in [6, 6.07) is 2.21. The van der Waals surface area contributed by atoms with E-state index in [2.05, 4.69) is 23.3 Å². The van der Waals surface area contributed by atoms with E-state index < -0.39 is 0 Å². The van der Waals surface area contributed by atoms with Crippen molar-refractivity contribution in [2.24, 2.45) is 5.92 Å². The largest absolute Gasteiger partial charge is 0.396 e. The van der Waals surface area contributed by atoms with Gasteiger partial charge in [0.25, 0.3) is 0 Å². The van der Waals surface area contributed by atoms with Crippen LogP contribution in [-0.2, 0) is 6.54 Å². The number of rotatable bonds is 4. The molecule has 90 valence electrons. The molecule has 1 N–H and O–H groups in total. The number of aryl methyl sites for hydroxylation is 1. The van der Waals surface area contributed by atoms with Gasteiger partial charge in [-0.15, -0.1) is 11.3 Å². The Balaban J connectivity index is 1.79. The van der Waals surface area contributed by atoms with E-state index >= 15 is 0 Å². The van der Waals surface area contributed by atoms with Gasteiger partial charge in [-0.05, 0) is 62.2 Å². The van der Waals surface area contributed by atoms with E-state index in [-0.39, 0.29) is 0 Å². The van der Waals surface area contributed by atoms with Gasteiger partial charge in [-0.25, -0.2) is 0 Å². The van der Waals surface area contributed by atoms with Crippen LogP contribution in [0, 0.1) is 12.8 Å². The van der Waals surface area contributed by atoms with Gasteiger partial charge < -0.3 is 5.11 Å². The molecule has 0 bridgehead atoms. The predicted molar refractivity (Wildman–Crippen MR) is 68.8 cm³/mol. The number of hydrogen-bond donors (Lipinski definition) is 1. The minimum Gasteiger partial charge on any atom is -0.396 e. The van der Waals surface area contributed by atoms with Crippen LogP contribution in [-0.4, -0.2) is 29.7 Å². The molecule has 3 heteroatoms. The Morgan fingerprint density at radius 1 is 1.44 bits per heavy atom. The van der Waals surface area contributed by atoms with E-state index in [1.165, 1.54) is 36.4 Å². The summed E-state index contributed by atoms with van der Waals surface area (Å²) in [7, 11) is 0. The molecule has 1 saturated heterocycles. The van der Waals surface area contributed by atoms with Gasteiger partial charge in [-0.3, -0.25) is 4.90 Å². The van der Waals surface area contributed by atoms with E-state index in [1.54, 1.807) is 0 Å². The first-order chi connectivity index (χ1) is 7.79. The number of nitrogens with zero attached hydrogens (tertiary/aromatic N) is 1. The molecule has 2 rings (SSSR count). The van der Waals surface area contributed by atoms with E-state index in [9.17, 15) is 0 Å². The molecule has 0 unspecified atom stereocenters. The summed E-state index contributed by atoms with van der Waals surface area (Å²) in [6.07, 6.45) is 3.50. The average Bonchev–Trinajstić information content (AvgIpc) is 2.68.